The summed E-state index contributed by atoms with van der Waals surface area (Å²) in [5.41, 5.74) is 1.63. The number of carbonyl (C=O) groups is 1. The first-order valence-electron chi connectivity index (χ1n) is 11.0. The normalized spacial score (nSPS) is 15.6. The van der Waals surface area contributed by atoms with E-state index in [0.717, 1.165) is 28.8 Å². The van der Waals surface area contributed by atoms with Crippen molar-refractivity contribution in [3.63, 3.8) is 0 Å². The van der Waals surface area contributed by atoms with Gasteiger partial charge in [-0.3, -0.25) is 9.78 Å². The second kappa shape index (κ2) is 10.1. The van der Waals surface area contributed by atoms with Gasteiger partial charge < -0.3 is 4.57 Å². The molecule has 0 amide bonds. The molecule has 1 fully saturated rings. The Balaban J connectivity index is 1.42. The van der Waals surface area contributed by atoms with Gasteiger partial charge in [-0.05, 0) is 50.5 Å². The van der Waals surface area contributed by atoms with Gasteiger partial charge in [0.25, 0.3) is 0 Å². The Morgan fingerprint density at radius 3 is 2.45 bits per heavy atom. The lowest BCUT2D eigenvalue weighted by molar-refractivity contribution is 0.101. The number of nitrogens with zero attached hydrogens (tertiary/aromatic N) is 5. The first kappa shape index (κ1) is 23.6. The maximum atomic E-state index is 13.1. The number of rotatable bonds is 8. The van der Waals surface area contributed by atoms with Crippen LogP contribution in [0.1, 0.15) is 54.4 Å². The van der Waals surface area contributed by atoms with Gasteiger partial charge in [0, 0.05) is 49.3 Å². The topological polar surface area (TPSA) is 98.1 Å². The predicted molar refractivity (Wildman–Crippen MR) is 127 cm³/mol. The molecule has 1 aliphatic heterocycles. The molecule has 0 spiro atoms. The van der Waals surface area contributed by atoms with E-state index in [4.69, 9.17) is 0 Å². The average molecular weight is 486 g/mol. The fourth-order valence-electron chi connectivity index (χ4n) is 4.00. The van der Waals surface area contributed by atoms with Crippen molar-refractivity contribution in [1.82, 2.24) is 24.1 Å². The van der Waals surface area contributed by atoms with Gasteiger partial charge >= 0.3 is 0 Å². The molecule has 0 bridgehead atoms. The number of sulfonamides is 1. The molecule has 0 N–H and O–H groups in total. The summed E-state index contributed by atoms with van der Waals surface area (Å²) >= 11 is 1.63. The van der Waals surface area contributed by atoms with Crippen molar-refractivity contribution >= 4 is 27.6 Å². The van der Waals surface area contributed by atoms with Crippen molar-refractivity contribution < 1.29 is 13.2 Å². The maximum absolute atomic E-state index is 13.1. The van der Waals surface area contributed by atoms with Gasteiger partial charge in [-0.15, -0.1) is 10.2 Å². The number of carbonyl (C=O) groups excluding carboxylic acids is 1. The Kier molecular flexibility index (Phi) is 7.26. The van der Waals surface area contributed by atoms with Crippen molar-refractivity contribution in [2.75, 3.05) is 13.1 Å². The summed E-state index contributed by atoms with van der Waals surface area (Å²) < 4.78 is 29.8. The Morgan fingerprint density at radius 2 is 1.85 bits per heavy atom. The standard InChI is InChI=1S/C23H27N5O3S2/c1-3-28-22(25-26-23(28)32-16-18-5-4-12-24-15-18)20-10-13-27(14-11-20)33(30,31)21-8-6-19(7-9-21)17(2)29/h4-9,12,15,20H,3,10-11,13-14,16H2,1-2H3. The highest BCUT2D eigenvalue weighted by molar-refractivity contribution is 7.98. The van der Waals surface area contributed by atoms with Crippen molar-refractivity contribution in [3.05, 3.63) is 65.7 Å². The molecule has 2 aromatic heterocycles. The maximum Gasteiger partial charge on any atom is 0.243 e. The zero-order valence-corrected chi connectivity index (χ0v) is 20.3. The predicted octanol–water partition coefficient (Wildman–Crippen LogP) is 3.76. The summed E-state index contributed by atoms with van der Waals surface area (Å²) in [5, 5.41) is 9.75. The molecule has 4 rings (SSSR count). The molecule has 10 heteroatoms. The first-order valence-corrected chi connectivity index (χ1v) is 13.4. The molecule has 3 heterocycles. The molecule has 3 aromatic rings. The fourth-order valence-corrected chi connectivity index (χ4v) is 6.42. The molecule has 0 saturated carbocycles. The lowest BCUT2D eigenvalue weighted by atomic mass is 9.97. The van der Waals surface area contributed by atoms with Gasteiger partial charge in [0.15, 0.2) is 10.9 Å². The van der Waals surface area contributed by atoms with Crippen LogP contribution in [0.4, 0.5) is 0 Å². The van der Waals surface area contributed by atoms with Crippen molar-refractivity contribution in [2.45, 2.75) is 55.0 Å². The Labute approximate surface area is 198 Å². The summed E-state index contributed by atoms with van der Waals surface area (Å²) in [5.74, 6) is 1.77. The largest absolute Gasteiger partial charge is 0.306 e. The van der Waals surface area contributed by atoms with E-state index in [-0.39, 0.29) is 16.6 Å². The van der Waals surface area contributed by atoms with Crippen LogP contribution in [0, 0.1) is 0 Å². The Hall–Kier alpha value is -2.56. The Bertz CT molecular complexity index is 1200. The van der Waals surface area contributed by atoms with E-state index in [1.54, 1.807) is 30.1 Å². The highest BCUT2D eigenvalue weighted by Crippen LogP contribution is 2.32. The molecule has 0 unspecified atom stereocenters. The van der Waals surface area contributed by atoms with Crippen molar-refractivity contribution in [2.24, 2.45) is 0 Å². The average Bonchev–Trinajstić information content (AvgIpc) is 3.26. The summed E-state index contributed by atoms with van der Waals surface area (Å²) in [4.78, 5) is 15.8. The fraction of sp³-hybridized carbons (Fsp3) is 0.391. The molecule has 33 heavy (non-hydrogen) atoms. The summed E-state index contributed by atoms with van der Waals surface area (Å²) in [6.07, 6.45) is 4.99. The van der Waals surface area contributed by atoms with Crippen LogP contribution >= 0.6 is 11.8 Å². The molecule has 1 aliphatic rings. The van der Waals surface area contributed by atoms with Crippen LogP contribution in [0.3, 0.4) is 0 Å². The highest BCUT2D eigenvalue weighted by atomic mass is 32.2. The zero-order chi connectivity index (χ0) is 23.4. The van der Waals surface area contributed by atoms with Crippen LogP contribution in [0.5, 0.6) is 0 Å². The highest BCUT2D eigenvalue weighted by Gasteiger charge is 2.32. The van der Waals surface area contributed by atoms with Crippen molar-refractivity contribution in [1.29, 1.82) is 0 Å². The zero-order valence-electron chi connectivity index (χ0n) is 18.7. The third kappa shape index (κ3) is 5.18. The van der Waals surface area contributed by atoms with E-state index in [0.29, 0.717) is 31.5 Å². The Morgan fingerprint density at radius 1 is 1.12 bits per heavy atom. The van der Waals surface area contributed by atoms with Crippen LogP contribution in [-0.4, -0.2) is 51.3 Å². The third-order valence-electron chi connectivity index (χ3n) is 5.87. The molecule has 1 saturated heterocycles. The van der Waals surface area contributed by atoms with E-state index in [2.05, 4.69) is 26.7 Å². The summed E-state index contributed by atoms with van der Waals surface area (Å²) in [6.45, 7) is 5.16. The number of Topliss-reactive ketones (excluding diaryl/α,β-unsaturated/α-hetero) is 1. The van der Waals surface area contributed by atoms with E-state index in [1.807, 2.05) is 18.3 Å². The monoisotopic (exact) mass is 485 g/mol. The van der Waals surface area contributed by atoms with Crippen LogP contribution in [0.2, 0.25) is 0 Å². The van der Waals surface area contributed by atoms with Crippen LogP contribution in [0.25, 0.3) is 0 Å². The van der Waals surface area contributed by atoms with Gasteiger partial charge in [-0.25, -0.2) is 8.42 Å². The first-order chi connectivity index (χ1) is 15.9. The molecule has 1 aromatic carbocycles. The minimum atomic E-state index is -3.59. The second-order valence-corrected chi connectivity index (χ2v) is 10.9. The molecule has 0 atom stereocenters. The molecular weight excluding hydrogens is 458 g/mol. The van der Waals surface area contributed by atoms with Gasteiger partial charge in [0.05, 0.1) is 4.90 Å². The van der Waals surface area contributed by atoms with Gasteiger partial charge in [-0.1, -0.05) is 30.0 Å². The van der Waals surface area contributed by atoms with Crippen LogP contribution in [0.15, 0.2) is 58.8 Å². The van der Waals surface area contributed by atoms with Gasteiger partial charge in [-0.2, -0.15) is 4.31 Å². The molecular formula is C23H27N5O3S2. The van der Waals surface area contributed by atoms with Gasteiger partial charge in [0.2, 0.25) is 10.0 Å². The quantitative estimate of drug-likeness (QED) is 0.354. The van der Waals surface area contributed by atoms with Crippen LogP contribution < -0.4 is 0 Å². The van der Waals surface area contributed by atoms with E-state index in [1.165, 1.54) is 23.4 Å². The summed E-state index contributed by atoms with van der Waals surface area (Å²) in [6, 6.07) is 10.1. The smallest absolute Gasteiger partial charge is 0.243 e. The summed E-state index contributed by atoms with van der Waals surface area (Å²) in [7, 11) is -3.59. The number of benzene rings is 1. The number of piperidine rings is 1. The lowest BCUT2D eigenvalue weighted by Crippen LogP contribution is -2.38. The number of pyridine rings is 1. The SMILES string of the molecule is CCn1c(SCc2cccnc2)nnc1C1CCN(S(=O)(=O)c2ccc(C(C)=O)cc2)CC1. The van der Waals surface area contributed by atoms with Crippen LogP contribution in [-0.2, 0) is 22.3 Å². The van der Waals surface area contributed by atoms with Crippen molar-refractivity contribution in [3.8, 4) is 0 Å². The number of ketones is 1. The number of hydrogen-bond donors (Lipinski definition) is 0. The van der Waals surface area contributed by atoms with Gasteiger partial charge in [0.1, 0.15) is 5.82 Å². The molecule has 0 radical (unpaired) electrons. The minimum absolute atomic E-state index is 0.0854. The number of hydrogen-bond acceptors (Lipinski definition) is 7. The molecule has 8 nitrogen and oxygen atoms in total. The number of thioether (sulfide) groups is 1. The van der Waals surface area contributed by atoms with E-state index < -0.39 is 10.0 Å². The van der Waals surface area contributed by atoms with E-state index >= 15 is 0 Å². The number of aromatic nitrogens is 4. The molecule has 0 aliphatic carbocycles. The lowest BCUT2D eigenvalue weighted by Gasteiger charge is -2.31. The second-order valence-electron chi connectivity index (χ2n) is 7.99. The van der Waals surface area contributed by atoms with E-state index in [9.17, 15) is 13.2 Å². The molecule has 174 valence electrons. The third-order valence-corrected chi connectivity index (χ3v) is 8.82. The minimum Gasteiger partial charge on any atom is -0.306 e.